The van der Waals surface area contributed by atoms with Crippen molar-refractivity contribution >= 4 is 5.91 Å². The van der Waals surface area contributed by atoms with Crippen LogP contribution in [0, 0.1) is 0 Å². The van der Waals surface area contributed by atoms with Gasteiger partial charge in [-0.1, -0.05) is 0 Å². The molecule has 4 nitrogen and oxygen atoms in total. The molecule has 0 saturated carbocycles. The number of aliphatic hydroxyl groups is 1. The number of hydrogen-bond donors (Lipinski definition) is 2. The largest absolute Gasteiger partial charge is 0.392 e. The molecule has 1 amide bonds. The summed E-state index contributed by atoms with van der Waals surface area (Å²) in [7, 11) is 0. The van der Waals surface area contributed by atoms with Gasteiger partial charge in [-0.15, -0.1) is 0 Å². The van der Waals surface area contributed by atoms with Crippen LogP contribution in [-0.2, 0) is 0 Å². The lowest BCUT2D eigenvalue weighted by Crippen LogP contribution is -2.32. The number of hydrogen-bond acceptors (Lipinski definition) is 2. The van der Waals surface area contributed by atoms with E-state index < -0.39 is 6.10 Å². The number of rotatable bonds is 4. The first-order chi connectivity index (χ1) is 7.02. The zero-order chi connectivity index (χ0) is 11.4. The standard InChI is InChI=1S/C11H18N2O2/c1-8(2)13-6-4-5-10(13)11(15)12-7-9(3)14/h4-6,8-9,14H,7H2,1-3H3,(H,12,15)/t9-/m0/s1. The molecule has 0 unspecified atom stereocenters. The number of aliphatic hydroxyl groups excluding tert-OH is 1. The van der Waals surface area contributed by atoms with E-state index in [2.05, 4.69) is 5.32 Å². The number of amides is 1. The maximum Gasteiger partial charge on any atom is 0.268 e. The third-order valence-electron chi connectivity index (χ3n) is 2.13. The molecular weight excluding hydrogens is 192 g/mol. The molecule has 1 heterocycles. The summed E-state index contributed by atoms with van der Waals surface area (Å²) in [5, 5.41) is 11.7. The summed E-state index contributed by atoms with van der Waals surface area (Å²) >= 11 is 0. The second-order valence-electron chi connectivity index (χ2n) is 3.95. The molecular formula is C11H18N2O2. The highest BCUT2D eigenvalue weighted by Gasteiger charge is 2.12. The minimum absolute atomic E-state index is 0.144. The van der Waals surface area contributed by atoms with Crippen molar-refractivity contribution < 1.29 is 9.90 Å². The van der Waals surface area contributed by atoms with Gasteiger partial charge in [-0.25, -0.2) is 0 Å². The fraction of sp³-hybridized carbons (Fsp3) is 0.545. The highest BCUT2D eigenvalue weighted by Crippen LogP contribution is 2.10. The van der Waals surface area contributed by atoms with E-state index in [0.29, 0.717) is 5.69 Å². The average Bonchev–Trinajstić information content (AvgIpc) is 2.62. The van der Waals surface area contributed by atoms with Gasteiger partial charge in [-0.3, -0.25) is 4.79 Å². The normalized spacial score (nSPS) is 12.9. The van der Waals surface area contributed by atoms with E-state index in [4.69, 9.17) is 5.11 Å². The second kappa shape index (κ2) is 4.98. The van der Waals surface area contributed by atoms with Gasteiger partial charge < -0.3 is 15.0 Å². The summed E-state index contributed by atoms with van der Waals surface area (Å²) in [6, 6.07) is 3.88. The molecule has 1 atom stereocenters. The van der Waals surface area contributed by atoms with Crippen molar-refractivity contribution in [3.05, 3.63) is 24.0 Å². The summed E-state index contributed by atoms with van der Waals surface area (Å²) in [5.74, 6) is -0.144. The zero-order valence-corrected chi connectivity index (χ0v) is 9.40. The van der Waals surface area contributed by atoms with E-state index in [1.807, 2.05) is 30.7 Å². The van der Waals surface area contributed by atoms with Crippen molar-refractivity contribution in [3.63, 3.8) is 0 Å². The summed E-state index contributed by atoms with van der Waals surface area (Å²) in [5.41, 5.74) is 0.630. The quantitative estimate of drug-likeness (QED) is 0.784. The molecule has 1 aromatic heterocycles. The lowest BCUT2D eigenvalue weighted by Gasteiger charge is -2.13. The van der Waals surface area contributed by atoms with E-state index in [1.54, 1.807) is 13.0 Å². The van der Waals surface area contributed by atoms with Crippen LogP contribution in [-0.4, -0.2) is 28.2 Å². The SMILES string of the molecule is CC(C)n1cccc1C(=O)NC[C@H](C)O. The van der Waals surface area contributed by atoms with Gasteiger partial charge in [0.15, 0.2) is 0 Å². The third kappa shape index (κ3) is 3.09. The van der Waals surface area contributed by atoms with Crippen LogP contribution < -0.4 is 5.32 Å². The Balaban J connectivity index is 2.69. The molecule has 84 valence electrons. The first kappa shape index (κ1) is 11.8. The van der Waals surface area contributed by atoms with Crippen LogP contribution in [0.25, 0.3) is 0 Å². The van der Waals surface area contributed by atoms with Crippen LogP contribution in [0.2, 0.25) is 0 Å². The van der Waals surface area contributed by atoms with Gasteiger partial charge in [0.1, 0.15) is 5.69 Å². The summed E-state index contributed by atoms with van der Waals surface area (Å²) in [6.07, 6.45) is 1.36. The van der Waals surface area contributed by atoms with Crippen LogP contribution in [0.1, 0.15) is 37.3 Å². The third-order valence-corrected chi connectivity index (χ3v) is 2.13. The molecule has 0 radical (unpaired) electrons. The summed E-state index contributed by atoms with van der Waals surface area (Å²) in [6.45, 7) is 5.96. The monoisotopic (exact) mass is 210 g/mol. The molecule has 0 aromatic carbocycles. The Bertz CT molecular complexity index is 329. The van der Waals surface area contributed by atoms with Crippen LogP contribution in [0.3, 0.4) is 0 Å². The molecule has 0 spiro atoms. The van der Waals surface area contributed by atoms with Crippen molar-refractivity contribution in [3.8, 4) is 0 Å². The maximum atomic E-state index is 11.7. The fourth-order valence-corrected chi connectivity index (χ4v) is 1.37. The number of aromatic nitrogens is 1. The lowest BCUT2D eigenvalue weighted by molar-refractivity contribution is 0.0913. The van der Waals surface area contributed by atoms with Gasteiger partial charge in [0.05, 0.1) is 6.10 Å². The van der Waals surface area contributed by atoms with E-state index >= 15 is 0 Å². The number of carbonyl (C=O) groups is 1. The van der Waals surface area contributed by atoms with Crippen LogP contribution >= 0.6 is 0 Å². The molecule has 0 aliphatic rings. The zero-order valence-electron chi connectivity index (χ0n) is 9.40. The first-order valence-electron chi connectivity index (χ1n) is 5.15. The molecule has 0 aliphatic heterocycles. The molecule has 1 rings (SSSR count). The van der Waals surface area contributed by atoms with Gasteiger partial charge in [-0.05, 0) is 32.9 Å². The Morgan fingerprint density at radius 1 is 1.53 bits per heavy atom. The molecule has 1 aromatic rings. The predicted molar refractivity (Wildman–Crippen MR) is 58.8 cm³/mol. The van der Waals surface area contributed by atoms with Crippen molar-refractivity contribution in [2.75, 3.05) is 6.54 Å². The Labute approximate surface area is 89.9 Å². The molecule has 0 saturated heterocycles. The van der Waals surface area contributed by atoms with E-state index in [0.717, 1.165) is 0 Å². The van der Waals surface area contributed by atoms with Gasteiger partial charge in [0, 0.05) is 18.8 Å². The van der Waals surface area contributed by atoms with Crippen molar-refractivity contribution in [1.82, 2.24) is 9.88 Å². The summed E-state index contributed by atoms with van der Waals surface area (Å²) in [4.78, 5) is 11.7. The van der Waals surface area contributed by atoms with Crippen LogP contribution in [0.15, 0.2) is 18.3 Å². The molecule has 2 N–H and O–H groups in total. The predicted octanol–water partition coefficient (Wildman–Crippen LogP) is 1.18. The van der Waals surface area contributed by atoms with Crippen LogP contribution in [0.4, 0.5) is 0 Å². The van der Waals surface area contributed by atoms with Crippen LogP contribution in [0.5, 0.6) is 0 Å². The van der Waals surface area contributed by atoms with E-state index in [9.17, 15) is 4.79 Å². The molecule has 15 heavy (non-hydrogen) atoms. The Morgan fingerprint density at radius 2 is 2.20 bits per heavy atom. The molecule has 0 fully saturated rings. The summed E-state index contributed by atoms with van der Waals surface area (Å²) < 4.78 is 1.90. The topological polar surface area (TPSA) is 54.3 Å². The van der Waals surface area contributed by atoms with Crippen molar-refractivity contribution in [2.24, 2.45) is 0 Å². The van der Waals surface area contributed by atoms with Gasteiger partial charge in [0.25, 0.3) is 5.91 Å². The number of carbonyl (C=O) groups excluding carboxylic acids is 1. The van der Waals surface area contributed by atoms with Gasteiger partial charge >= 0.3 is 0 Å². The number of nitrogens with zero attached hydrogens (tertiary/aromatic N) is 1. The highest BCUT2D eigenvalue weighted by molar-refractivity contribution is 5.92. The van der Waals surface area contributed by atoms with E-state index in [1.165, 1.54) is 0 Å². The minimum Gasteiger partial charge on any atom is -0.392 e. The van der Waals surface area contributed by atoms with Crippen molar-refractivity contribution in [1.29, 1.82) is 0 Å². The fourth-order valence-electron chi connectivity index (χ4n) is 1.37. The Hall–Kier alpha value is -1.29. The Morgan fingerprint density at radius 3 is 2.73 bits per heavy atom. The molecule has 4 heteroatoms. The van der Waals surface area contributed by atoms with Crippen molar-refractivity contribution in [2.45, 2.75) is 32.9 Å². The lowest BCUT2D eigenvalue weighted by atomic mass is 10.3. The first-order valence-corrected chi connectivity index (χ1v) is 5.15. The minimum atomic E-state index is -0.517. The molecule has 0 aliphatic carbocycles. The number of nitrogens with one attached hydrogen (secondary N) is 1. The Kier molecular flexibility index (Phi) is 3.91. The highest BCUT2D eigenvalue weighted by atomic mass is 16.3. The van der Waals surface area contributed by atoms with Gasteiger partial charge in [-0.2, -0.15) is 0 Å². The second-order valence-corrected chi connectivity index (χ2v) is 3.95. The molecule has 0 bridgehead atoms. The smallest absolute Gasteiger partial charge is 0.268 e. The van der Waals surface area contributed by atoms with Gasteiger partial charge in [0.2, 0.25) is 0 Å². The maximum absolute atomic E-state index is 11.7. The van der Waals surface area contributed by atoms with E-state index in [-0.39, 0.29) is 18.5 Å². The average molecular weight is 210 g/mol.